The Morgan fingerprint density at radius 2 is 1.81 bits per heavy atom. The Morgan fingerprint density at radius 1 is 1.00 bits per heavy atom. The smallest absolute Gasteiger partial charge is 0.318 e. The Hall–Kier alpha value is -3.28. The largest absolute Gasteiger partial charge is 0.324 e. The van der Waals surface area contributed by atoms with Crippen molar-refractivity contribution in [3.8, 4) is 11.1 Å². The number of anilines is 1. The number of hydrogen-bond donors (Lipinski definition) is 0. The van der Waals surface area contributed by atoms with Crippen LogP contribution in [-0.4, -0.2) is 29.0 Å². The number of rotatable bonds is 4. The second-order valence-electron chi connectivity index (χ2n) is 6.39. The van der Waals surface area contributed by atoms with Gasteiger partial charge >= 0.3 is 6.03 Å². The molecular formula is C21H17F2N3O. The van der Waals surface area contributed by atoms with Crippen LogP contribution in [0.2, 0.25) is 0 Å². The van der Waals surface area contributed by atoms with Gasteiger partial charge in [-0.1, -0.05) is 24.3 Å². The number of benzene rings is 2. The van der Waals surface area contributed by atoms with Crippen molar-refractivity contribution >= 4 is 11.7 Å². The lowest BCUT2D eigenvalue weighted by Crippen LogP contribution is -2.31. The molecule has 136 valence electrons. The van der Waals surface area contributed by atoms with E-state index in [9.17, 15) is 13.6 Å². The molecule has 0 bridgehead atoms. The first-order chi connectivity index (χ1) is 13.1. The molecule has 0 spiro atoms. The first kappa shape index (κ1) is 17.1. The number of nitrogens with zero attached hydrogens (tertiary/aromatic N) is 3. The van der Waals surface area contributed by atoms with Crippen molar-refractivity contribution in [1.29, 1.82) is 0 Å². The van der Waals surface area contributed by atoms with Gasteiger partial charge in [0.05, 0.1) is 6.20 Å². The number of urea groups is 1. The van der Waals surface area contributed by atoms with E-state index in [2.05, 4.69) is 4.98 Å². The zero-order valence-electron chi connectivity index (χ0n) is 14.5. The SMILES string of the molecule is O=C1N(Cc2cccc(F)c2)CCN1c1ccc(-c2ccncc2F)cc1. The Bertz CT molecular complexity index is 975. The fourth-order valence-corrected chi connectivity index (χ4v) is 3.25. The lowest BCUT2D eigenvalue weighted by molar-refractivity contribution is 0.218. The molecule has 4 rings (SSSR count). The van der Waals surface area contributed by atoms with Crippen molar-refractivity contribution in [1.82, 2.24) is 9.88 Å². The molecule has 1 saturated heterocycles. The number of hydrogen-bond acceptors (Lipinski definition) is 2. The van der Waals surface area contributed by atoms with Crippen LogP contribution in [0, 0.1) is 11.6 Å². The highest BCUT2D eigenvalue weighted by atomic mass is 19.1. The summed E-state index contributed by atoms with van der Waals surface area (Å²) in [5.74, 6) is -0.696. The third-order valence-electron chi connectivity index (χ3n) is 4.62. The van der Waals surface area contributed by atoms with Crippen LogP contribution in [0.4, 0.5) is 19.3 Å². The van der Waals surface area contributed by atoms with E-state index in [1.807, 2.05) is 0 Å². The van der Waals surface area contributed by atoms with E-state index in [0.29, 0.717) is 25.2 Å². The maximum absolute atomic E-state index is 13.9. The summed E-state index contributed by atoms with van der Waals surface area (Å²) in [5, 5.41) is 0. The van der Waals surface area contributed by atoms with Crippen LogP contribution in [0.5, 0.6) is 0 Å². The molecule has 3 aromatic rings. The van der Waals surface area contributed by atoms with E-state index >= 15 is 0 Å². The van der Waals surface area contributed by atoms with Gasteiger partial charge in [0.2, 0.25) is 0 Å². The van der Waals surface area contributed by atoms with Crippen LogP contribution >= 0.6 is 0 Å². The van der Waals surface area contributed by atoms with Crippen LogP contribution in [0.15, 0.2) is 67.0 Å². The van der Waals surface area contributed by atoms with Gasteiger partial charge in [-0.05, 0) is 41.5 Å². The fraction of sp³-hybridized carbons (Fsp3) is 0.143. The van der Waals surface area contributed by atoms with Crippen molar-refractivity contribution in [2.75, 3.05) is 18.0 Å². The minimum atomic E-state index is -0.385. The summed E-state index contributed by atoms with van der Waals surface area (Å²) in [7, 11) is 0. The molecule has 0 aliphatic carbocycles. The first-order valence-corrected chi connectivity index (χ1v) is 8.62. The van der Waals surface area contributed by atoms with E-state index in [-0.39, 0.29) is 17.7 Å². The predicted octanol–water partition coefficient (Wildman–Crippen LogP) is 4.47. The zero-order valence-corrected chi connectivity index (χ0v) is 14.5. The van der Waals surface area contributed by atoms with E-state index in [1.165, 1.54) is 18.3 Å². The van der Waals surface area contributed by atoms with Crippen molar-refractivity contribution < 1.29 is 13.6 Å². The normalized spacial score (nSPS) is 14.1. The Morgan fingerprint density at radius 3 is 2.56 bits per heavy atom. The zero-order chi connectivity index (χ0) is 18.8. The van der Waals surface area contributed by atoms with Crippen LogP contribution in [0.3, 0.4) is 0 Å². The molecule has 2 heterocycles. The lowest BCUT2D eigenvalue weighted by Gasteiger charge is -2.19. The van der Waals surface area contributed by atoms with Crippen molar-refractivity contribution in [2.24, 2.45) is 0 Å². The van der Waals surface area contributed by atoms with Gasteiger partial charge in [0.15, 0.2) is 0 Å². The van der Waals surface area contributed by atoms with E-state index in [1.54, 1.807) is 58.5 Å². The fourth-order valence-electron chi connectivity index (χ4n) is 3.25. The number of pyridine rings is 1. The second kappa shape index (κ2) is 7.15. The van der Waals surface area contributed by atoms with Gasteiger partial charge in [0.1, 0.15) is 11.6 Å². The van der Waals surface area contributed by atoms with Crippen LogP contribution < -0.4 is 4.90 Å². The van der Waals surface area contributed by atoms with Gasteiger partial charge in [-0.3, -0.25) is 9.88 Å². The van der Waals surface area contributed by atoms with E-state index in [4.69, 9.17) is 0 Å². The Labute approximate surface area is 155 Å². The third-order valence-corrected chi connectivity index (χ3v) is 4.62. The number of aromatic nitrogens is 1. The summed E-state index contributed by atoms with van der Waals surface area (Å²) in [6.45, 7) is 1.49. The summed E-state index contributed by atoms with van der Waals surface area (Å²) >= 11 is 0. The molecule has 1 aromatic heterocycles. The molecule has 27 heavy (non-hydrogen) atoms. The molecule has 6 heteroatoms. The number of amides is 2. The minimum Gasteiger partial charge on any atom is -0.318 e. The van der Waals surface area contributed by atoms with E-state index < -0.39 is 0 Å². The van der Waals surface area contributed by atoms with Crippen molar-refractivity contribution in [3.05, 3.63) is 84.2 Å². The second-order valence-corrected chi connectivity index (χ2v) is 6.39. The topological polar surface area (TPSA) is 36.4 Å². The lowest BCUT2D eigenvalue weighted by atomic mass is 10.1. The average Bonchev–Trinajstić information content (AvgIpc) is 3.03. The highest BCUT2D eigenvalue weighted by Gasteiger charge is 2.29. The van der Waals surface area contributed by atoms with Gasteiger partial charge < -0.3 is 4.90 Å². The standard InChI is InChI=1S/C21H17F2N3O/c22-17-3-1-2-15(12-17)14-25-10-11-26(21(25)27)18-6-4-16(5-7-18)19-8-9-24-13-20(19)23/h1-9,12-13H,10-11,14H2. The molecule has 4 nitrogen and oxygen atoms in total. The summed E-state index contributed by atoms with van der Waals surface area (Å²) in [6, 6.07) is 14.9. The number of carbonyl (C=O) groups excluding carboxylic acids is 1. The summed E-state index contributed by atoms with van der Waals surface area (Å²) in [6.07, 6.45) is 2.72. The quantitative estimate of drug-likeness (QED) is 0.684. The van der Waals surface area contributed by atoms with Gasteiger partial charge in [-0.2, -0.15) is 0 Å². The average molecular weight is 365 g/mol. The maximum Gasteiger partial charge on any atom is 0.324 e. The third kappa shape index (κ3) is 3.51. The van der Waals surface area contributed by atoms with Gasteiger partial charge in [0, 0.05) is 37.1 Å². The minimum absolute atomic E-state index is 0.123. The van der Waals surface area contributed by atoms with Crippen LogP contribution in [0.25, 0.3) is 11.1 Å². The van der Waals surface area contributed by atoms with Crippen LogP contribution in [0.1, 0.15) is 5.56 Å². The molecule has 1 aliphatic heterocycles. The van der Waals surface area contributed by atoms with Gasteiger partial charge in [-0.15, -0.1) is 0 Å². The molecule has 0 saturated carbocycles. The predicted molar refractivity (Wildman–Crippen MR) is 99.2 cm³/mol. The molecule has 1 fully saturated rings. The van der Waals surface area contributed by atoms with E-state index in [0.717, 1.165) is 16.8 Å². The van der Waals surface area contributed by atoms with Crippen molar-refractivity contribution in [2.45, 2.75) is 6.54 Å². The van der Waals surface area contributed by atoms with Gasteiger partial charge in [0.25, 0.3) is 0 Å². The maximum atomic E-state index is 13.9. The molecular weight excluding hydrogens is 348 g/mol. The highest BCUT2D eigenvalue weighted by molar-refractivity contribution is 5.94. The molecule has 1 aliphatic rings. The summed E-state index contributed by atoms with van der Waals surface area (Å²) < 4.78 is 27.2. The summed E-state index contributed by atoms with van der Waals surface area (Å²) in [4.78, 5) is 19.8. The molecule has 2 aromatic carbocycles. The molecule has 0 unspecified atom stereocenters. The van der Waals surface area contributed by atoms with Crippen LogP contribution in [-0.2, 0) is 6.54 Å². The monoisotopic (exact) mass is 365 g/mol. The molecule has 0 radical (unpaired) electrons. The van der Waals surface area contributed by atoms with Gasteiger partial charge in [-0.25, -0.2) is 13.6 Å². The molecule has 2 amide bonds. The first-order valence-electron chi connectivity index (χ1n) is 8.62. The number of carbonyl (C=O) groups is 1. The Balaban J connectivity index is 1.49. The molecule has 0 N–H and O–H groups in total. The Kier molecular flexibility index (Phi) is 4.54. The summed E-state index contributed by atoms with van der Waals surface area (Å²) in [5.41, 5.74) is 2.70. The highest BCUT2D eigenvalue weighted by Crippen LogP contribution is 2.27. The van der Waals surface area contributed by atoms with Crippen molar-refractivity contribution in [3.63, 3.8) is 0 Å². The molecule has 0 atom stereocenters. The number of halogens is 2.